The monoisotopic (exact) mass is 470 g/mol. The largest absolute Gasteiger partial charge is 0.458 e. The molecule has 0 aromatic heterocycles. The molecule has 0 aromatic rings. The summed E-state index contributed by atoms with van der Waals surface area (Å²) in [6, 6.07) is 0. The Bertz CT molecular complexity index is 983. The van der Waals surface area contributed by atoms with E-state index in [1.54, 1.807) is 12.2 Å². The molecule has 6 heteroatoms. The Morgan fingerprint density at radius 2 is 1.91 bits per heavy atom. The van der Waals surface area contributed by atoms with Gasteiger partial charge in [-0.15, -0.1) is 0 Å². The molecule has 4 aliphatic carbocycles. The van der Waals surface area contributed by atoms with Gasteiger partial charge in [-0.2, -0.15) is 0 Å². The van der Waals surface area contributed by atoms with Gasteiger partial charge in [0.15, 0.2) is 5.78 Å². The number of rotatable bonds is 3. The summed E-state index contributed by atoms with van der Waals surface area (Å²) in [4.78, 5) is 25.7. The highest BCUT2D eigenvalue weighted by molar-refractivity contribution is 5.96. The second-order valence-electron chi connectivity index (χ2n) is 12.5. The average Bonchev–Trinajstić information content (AvgIpc) is 3.49. The van der Waals surface area contributed by atoms with Gasteiger partial charge >= 0.3 is 5.97 Å². The number of carbonyl (C=O) groups is 2. The van der Waals surface area contributed by atoms with Crippen LogP contribution in [0.3, 0.4) is 0 Å². The SMILES string of the molecule is CC1=C(CO)C(=O)O[C@@H]([C@@H](C)[C@H]2CC[C@H]3[C@@H]4[C@@H]5O[C@@H]5[C@H]5C(O)C=CC(=O)[C@]5(C)[C@H]4CC[C@]23C)C1. The molecule has 0 spiro atoms. The number of allylic oxidation sites excluding steroid dienone is 1. The molecule has 1 unspecified atom stereocenters. The first-order chi connectivity index (χ1) is 16.1. The fourth-order valence-electron chi connectivity index (χ4n) is 9.56. The first kappa shape index (κ1) is 22.9. The predicted octanol–water partition coefficient (Wildman–Crippen LogP) is 3.21. The topological polar surface area (TPSA) is 96.4 Å². The molecular weight excluding hydrogens is 432 g/mol. The molecule has 2 heterocycles. The number of fused-ring (bicyclic) bond motifs is 8. The minimum Gasteiger partial charge on any atom is -0.458 e. The van der Waals surface area contributed by atoms with Crippen LogP contribution in [-0.4, -0.2) is 53.0 Å². The van der Waals surface area contributed by atoms with Crippen molar-refractivity contribution in [2.75, 3.05) is 6.61 Å². The van der Waals surface area contributed by atoms with Gasteiger partial charge in [-0.3, -0.25) is 4.79 Å². The molecular formula is C28H38O6. The fraction of sp³-hybridized carbons (Fsp3) is 0.786. The molecule has 34 heavy (non-hydrogen) atoms. The molecule has 2 N–H and O–H groups in total. The molecule has 0 radical (unpaired) electrons. The zero-order valence-corrected chi connectivity index (χ0v) is 20.7. The minimum absolute atomic E-state index is 0.0158. The van der Waals surface area contributed by atoms with E-state index < -0.39 is 11.5 Å². The molecule has 6 rings (SSSR count). The molecule has 3 saturated carbocycles. The highest BCUT2D eigenvalue weighted by Crippen LogP contribution is 2.71. The van der Waals surface area contributed by atoms with E-state index in [2.05, 4.69) is 20.8 Å². The van der Waals surface area contributed by atoms with E-state index in [-0.39, 0.29) is 59.8 Å². The standard InChI is InChI=1S/C28H38O6/c1-13-11-20(33-26(32)15(13)12-29)14(2)16-5-6-17-22-18(9-10-27(16,17)3)28(4)21(31)8-7-19(30)23(28)25-24(22)34-25/h7-8,14,16-20,22-25,29-30H,5-6,9-12H2,1-4H3/t14-,16+,17-,18-,19?,20+,22-,23+,24-,25+,27+,28-/m0/s1. The second kappa shape index (κ2) is 7.50. The van der Waals surface area contributed by atoms with Gasteiger partial charge in [-0.05, 0) is 73.7 Å². The Labute approximate surface area is 201 Å². The van der Waals surface area contributed by atoms with Gasteiger partial charge in [0.2, 0.25) is 0 Å². The van der Waals surface area contributed by atoms with Crippen molar-refractivity contribution in [3.63, 3.8) is 0 Å². The van der Waals surface area contributed by atoms with Gasteiger partial charge in [-0.1, -0.05) is 32.4 Å². The van der Waals surface area contributed by atoms with Crippen molar-refractivity contribution in [3.8, 4) is 0 Å². The average molecular weight is 471 g/mol. The lowest BCUT2D eigenvalue weighted by atomic mass is 9.44. The summed E-state index contributed by atoms with van der Waals surface area (Å²) in [5.74, 6) is 1.40. The number of aliphatic hydroxyl groups is 2. The number of ketones is 1. The number of cyclic esters (lactones) is 1. The maximum absolute atomic E-state index is 13.3. The van der Waals surface area contributed by atoms with Gasteiger partial charge in [0.1, 0.15) is 6.10 Å². The van der Waals surface area contributed by atoms with Gasteiger partial charge in [0.05, 0.1) is 30.5 Å². The number of epoxide rings is 1. The molecule has 4 fully saturated rings. The Balaban J connectivity index is 1.28. The normalized spacial score (nSPS) is 52.4. The number of ether oxygens (including phenoxy) is 2. The molecule has 12 atom stereocenters. The molecule has 0 amide bonds. The van der Waals surface area contributed by atoms with E-state index in [1.807, 2.05) is 6.92 Å². The highest BCUT2D eigenvalue weighted by Gasteiger charge is 2.73. The quantitative estimate of drug-likeness (QED) is 0.486. The smallest absolute Gasteiger partial charge is 0.336 e. The molecule has 6 nitrogen and oxygen atoms in total. The minimum atomic E-state index is -0.607. The predicted molar refractivity (Wildman–Crippen MR) is 124 cm³/mol. The number of carbonyl (C=O) groups excluding carboxylic acids is 2. The van der Waals surface area contributed by atoms with Crippen LogP contribution < -0.4 is 0 Å². The van der Waals surface area contributed by atoms with Crippen molar-refractivity contribution in [1.29, 1.82) is 0 Å². The first-order valence-corrected chi connectivity index (χ1v) is 13.2. The van der Waals surface area contributed by atoms with E-state index in [0.29, 0.717) is 29.7 Å². The lowest BCUT2D eigenvalue weighted by Crippen LogP contribution is -2.61. The van der Waals surface area contributed by atoms with E-state index in [0.717, 1.165) is 31.3 Å². The van der Waals surface area contributed by atoms with E-state index in [4.69, 9.17) is 9.47 Å². The van der Waals surface area contributed by atoms with Crippen molar-refractivity contribution in [2.24, 2.45) is 46.3 Å². The van der Waals surface area contributed by atoms with Crippen LogP contribution in [0.2, 0.25) is 0 Å². The number of aliphatic hydroxyl groups excluding tert-OH is 2. The Morgan fingerprint density at radius 3 is 2.62 bits per heavy atom. The summed E-state index contributed by atoms with van der Waals surface area (Å²) >= 11 is 0. The van der Waals surface area contributed by atoms with Crippen LogP contribution in [0.5, 0.6) is 0 Å². The third-order valence-electron chi connectivity index (χ3n) is 11.4. The van der Waals surface area contributed by atoms with Crippen LogP contribution in [0.1, 0.15) is 59.8 Å². The zero-order chi connectivity index (χ0) is 24.2. The summed E-state index contributed by atoms with van der Waals surface area (Å²) in [5, 5.41) is 20.3. The van der Waals surface area contributed by atoms with E-state index in [9.17, 15) is 19.8 Å². The summed E-state index contributed by atoms with van der Waals surface area (Å²) in [6.07, 6.45) is 7.59. The van der Waals surface area contributed by atoms with Crippen LogP contribution in [0, 0.1) is 46.3 Å². The van der Waals surface area contributed by atoms with Crippen LogP contribution in [0.25, 0.3) is 0 Å². The lowest BCUT2D eigenvalue weighted by molar-refractivity contribution is -0.155. The molecule has 2 aliphatic heterocycles. The highest BCUT2D eigenvalue weighted by atomic mass is 16.6. The maximum atomic E-state index is 13.3. The van der Waals surface area contributed by atoms with Crippen molar-refractivity contribution >= 4 is 11.8 Å². The molecule has 6 aliphatic rings. The zero-order valence-electron chi connectivity index (χ0n) is 20.7. The Morgan fingerprint density at radius 1 is 1.15 bits per heavy atom. The molecule has 186 valence electrons. The van der Waals surface area contributed by atoms with Crippen molar-refractivity contribution in [2.45, 2.75) is 84.2 Å². The lowest BCUT2D eigenvalue weighted by Gasteiger charge is -2.58. The number of esters is 1. The summed E-state index contributed by atoms with van der Waals surface area (Å²) in [5.41, 5.74) is 0.924. The van der Waals surface area contributed by atoms with Crippen LogP contribution in [-0.2, 0) is 19.1 Å². The first-order valence-electron chi connectivity index (χ1n) is 13.2. The molecule has 0 bridgehead atoms. The van der Waals surface area contributed by atoms with Gasteiger partial charge in [0.25, 0.3) is 0 Å². The van der Waals surface area contributed by atoms with Crippen molar-refractivity contribution in [3.05, 3.63) is 23.3 Å². The van der Waals surface area contributed by atoms with E-state index >= 15 is 0 Å². The third kappa shape index (κ3) is 2.85. The van der Waals surface area contributed by atoms with Gasteiger partial charge < -0.3 is 19.7 Å². The number of hydrogen-bond acceptors (Lipinski definition) is 6. The van der Waals surface area contributed by atoms with E-state index in [1.165, 1.54) is 0 Å². The second-order valence-corrected chi connectivity index (χ2v) is 12.5. The Hall–Kier alpha value is -1.50. The molecule has 0 aromatic carbocycles. The maximum Gasteiger partial charge on any atom is 0.336 e. The fourth-order valence-corrected chi connectivity index (χ4v) is 9.56. The number of hydrogen-bond donors (Lipinski definition) is 2. The van der Waals surface area contributed by atoms with Crippen molar-refractivity contribution < 1.29 is 29.3 Å². The summed E-state index contributed by atoms with van der Waals surface area (Å²) < 4.78 is 12.1. The van der Waals surface area contributed by atoms with Gasteiger partial charge in [0, 0.05) is 17.8 Å². The summed E-state index contributed by atoms with van der Waals surface area (Å²) in [7, 11) is 0. The van der Waals surface area contributed by atoms with Crippen LogP contribution in [0.4, 0.5) is 0 Å². The van der Waals surface area contributed by atoms with Gasteiger partial charge in [-0.25, -0.2) is 4.79 Å². The summed E-state index contributed by atoms with van der Waals surface area (Å²) in [6.45, 7) is 8.43. The van der Waals surface area contributed by atoms with Crippen molar-refractivity contribution in [1.82, 2.24) is 0 Å². The Kier molecular flexibility index (Phi) is 5.06. The van der Waals surface area contributed by atoms with Crippen LogP contribution >= 0.6 is 0 Å². The molecule has 1 saturated heterocycles. The third-order valence-corrected chi connectivity index (χ3v) is 11.4. The van der Waals surface area contributed by atoms with Crippen LogP contribution in [0.15, 0.2) is 23.3 Å².